The van der Waals surface area contributed by atoms with Gasteiger partial charge in [-0.25, -0.2) is 9.97 Å². The van der Waals surface area contributed by atoms with Gasteiger partial charge in [0.25, 0.3) is 0 Å². The van der Waals surface area contributed by atoms with Crippen molar-refractivity contribution in [3.63, 3.8) is 0 Å². The summed E-state index contributed by atoms with van der Waals surface area (Å²) in [7, 11) is 0. The van der Waals surface area contributed by atoms with Crippen LogP contribution in [0.15, 0.2) is 12.4 Å². The van der Waals surface area contributed by atoms with Crippen molar-refractivity contribution >= 4 is 11.9 Å². The summed E-state index contributed by atoms with van der Waals surface area (Å²) in [5.41, 5.74) is 1.13. The summed E-state index contributed by atoms with van der Waals surface area (Å²) < 4.78 is 0. The first-order valence-electron chi connectivity index (χ1n) is 6.87. The maximum Gasteiger partial charge on any atom is 0.306 e. The Morgan fingerprint density at radius 3 is 2.32 bits per heavy atom. The van der Waals surface area contributed by atoms with Gasteiger partial charge in [-0.15, -0.1) is 0 Å². The molecule has 1 aliphatic rings. The largest absolute Gasteiger partial charge is 0.481 e. The number of aliphatic carboxylic acids is 1. The van der Waals surface area contributed by atoms with Crippen molar-refractivity contribution in [3.05, 3.63) is 18.0 Å². The summed E-state index contributed by atoms with van der Waals surface area (Å²) in [5.74, 6) is 0.224. The molecule has 1 saturated carbocycles. The normalized spacial score (nSPS) is 23.3. The molecule has 0 saturated heterocycles. The third kappa shape index (κ3) is 3.66. The van der Waals surface area contributed by atoms with Crippen molar-refractivity contribution in [1.29, 1.82) is 0 Å². The molecule has 1 aromatic rings. The van der Waals surface area contributed by atoms with E-state index in [4.69, 9.17) is 5.11 Å². The molecule has 2 N–H and O–H groups in total. The highest BCUT2D eigenvalue weighted by atomic mass is 16.4. The van der Waals surface area contributed by atoms with Crippen LogP contribution in [-0.4, -0.2) is 27.1 Å². The van der Waals surface area contributed by atoms with E-state index in [0.29, 0.717) is 17.9 Å². The summed E-state index contributed by atoms with van der Waals surface area (Å²) in [4.78, 5) is 19.5. The van der Waals surface area contributed by atoms with Crippen LogP contribution in [-0.2, 0) is 4.79 Å². The Balaban J connectivity index is 1.87. The highest BCUT2D eigenvalue weighted by molar-refractivity contribution is 5.70. The van der Waals surface area contributed by atoms with Gasteiger partial charge in [0.2, 0.25) is 5.95 Å². The number of aromatic nitrogens is 2. The quantitative estimate of drug-likeness (QED) is 0.873. The van der Waals surface area contributed by atoms with Crippen LogP contribution < -0.4 is 5.32 Å². The molecule has 0 atom stereocenters. The predicted octanol–water partition coefficient (Wildman–Crippen LogP) is 2.66. The topological polar surface area (TPSA) is 75.1 Å². The second-order valence-electron chi connectivity index (χ2n) is 5.53. The van der Waals surface area contributed by atoms with Gasteiger partial charge in [-0.3, -0.25) is 4.79 Å². The average Bonchev–Trinajstić information content (AvgIpc) is 2.40. The molecule has 0 bridgehead atoms. The first-order chi connectivity index (χ1) is 9.06. The molecule has 0 aromatic carbocycles. The van der Waals surface area contributed by atoms with E-state index in [1.807, 2.05) is 12.4 Å². The molecule has 1 fully saturated rings. The SMILES string of the molecule is CC(C)c1cnc(NC2CCC(C(=O)O)CC2)nc1. The lowest BCUT2D eigenvalue weighted by Crippen LogP contribution is -2.29. The Hall–Kier alpha value is -1.65. The molecule has 2 rings (SSSR count). The molecule has 0 amide bonds. The zero-order valence-corrected chi connectivity index (χ0v) is 11.5. The summed E-state index contributed by atoms with van der Waals surface area (Å²) in [6, 6.07) is 0.292. The number of hydrogen-bond donors (Lipinski definition) is 2. The molecule has 0 aliphatic heterocycles. The third-order valence-electron chi connectivity index (χ3n) is 3.75. The highest BCUT2D eigenvalue weighted by Gasteiger charge is 2.26. The van der Waals surface area contributed by atoms with Gasteiger partial charge in [-0.2, -0.15) is 0 Å². The zero-order chi connectivity index (χ0) is 13.8. The maximum atomic E-state index is 10.9. The van der Waals surface area contributed by atoms with Gasteiger partial charge >= 0.3 is 5.97 Å². The van der Waals surface area contributed by atoms with Crippen LogP contribution in [0.3, 0.4) is 0 Å². The monoisotopic (exact) mass is 263 g/mol. The van der Waals surface area contributed by atoms with Gasteiger partial charge in [0, 0.05) is 18.4 Å². The summed E-state index contributed by atoms with van der Waals surface area (Å²) in [6.45, 7) is 4.22. The van der Waals surface area contributed by atoms with Crippen LogP contribution in [0.25, 0.3) is 0 Å². The van der Waals surface area contributed by atoms with Gasteiger partial charge in [-0.1, -0.05) is 13.8 Å². The minimum absolute atomic E-state index is 0.178. The molecular weight excluding hydrogens is 242 g/mol. The fourth-order valence-corrected chi connectivity index (χ4v) is 2.38. The van der Waals surface area contributed by atoms with E-state index < -0.39 is 5.97 Å². The van der Waals surface area contributed by atoms with Crippen molar-refractivity contribution in [1.82, 2.24) is 9.97 Å². The summed E-state index contributed by atoms with van der Waals surface area (Å²) >= 11 is 0. The minimum atomic E-state index is -0.670. The fraction of sp³-hybridized carbons (Fsp3) is 0.643. The van der Waals surface area contributed by atoms with E-state index in [-0.39, 0.29) is 5.92 Å². The van der Waals surface area contributed by atoms with Crippen molar-refractivity contribution in [2.45, 2.75) is 51.5 Å². The standard InChI is InChI=1S/C14H21N3O2/c1-9(2)11-7-15-14(16-8-11)17-12-5-3-10(4-6-12)13(18)19/h7-10,12H,3-6H2,1-2H3,(H,18,19)(H,15,16,17). The second-order valence-corrected chi connectivity index (χ2v) is 5.53. The van der Waals surface area contributed by atoms with Crippen molar-refractivity contribution in [2.24, 2.45) is 5.92 Å². The van der Waals surface area contributed by atoms with Gasteiger partial charge in [0.1, 0.15) is 0 Å². The Kier molecular flexibility index (Phi) is 4.35. The highest BCUT2D eigenvalue weighted by Crippen LogP contribution is 2.26. The number of nitrogens with one attached hydrogen (secondary N) is 1. The van der Waals surface area contributed by atoms with E-state index in [2.05, 4.69) is 29.1 Å². The van der Waals surface area contributed by atoms with Gasteiger partial charge in [0.15, 0.2) is 0 Å². The number of anilines is 1. The van der Waals surface area contributed by atoms with E-state index in [1.54, 1.807) is 0 Å². The summed E-state index contributed by atoms with van der Waals surface area (Å²) in [5, 5.41) is 12.2. The van der Waals surface area contributed by atoms with Crippen molar-refractivity contribution in [2.75, 3.05) is 5.32 Å². The van der Waals surface area contributed by atoms with E-state index in [0.717, 1.165) is 31.2 Å². The van der Waals surface area contributed by atoms with Crippen LogP contribution >= 0.6 is 0 Å². The molecular formula is C14H21N3O2. The predicted molar refractivity (Wildman–Crippen MR) is 73.1 cm³/mol. The number of carboxylic acid groups (broad SMARTS) is 1. The van der Waals surface area contributed by atoms with E-state index in [9.17, 15) is 4.79 Å². The molecule has 0 unspecified atom stereocenters. The smallest absolute Gasteiger partial charge is 0.306 e. The zero-order valence-electron chi connectivity index (χ0n) is 11.5. The molecule has 19 heavy (non-hydrogen) atoms. The number of carbonyl (C=O) groups is 1. The van der Waals surface area contributed by atoms with E-state index in [1.165, 1.54) is 0 Å². The van der Waals surface area contributed by atoms with Crippen LogP contribution in [0.2, 0.25) is 0 Å². The average molecular weight is 263 g/mol. The number of carboxylic acids is 1. The lowest BCUT2D eigenvalue weighted by atomic mass is 9.86. The minimum Gasteiger partial charge on any atom is -0.481 e. The van der Waals surface area contributed by atoms with Gasteiger partial charge in [0.05, 0.1) is 5.92 Å². The van der Waals surface area contributed by atoms with Crippen LogP contribution in [0.1, 0.15) is 51.0 Å². The Morgan fingerprint density at radius 1 is 1.26 bits per heavy atom. The Bertz CT molecular complexity index is 423. The molecule has 0 radical (unpaired) electrons. The number of rotatable bonds is 4. The van der Waals surface area contributed by atoms with Crippen molar-refractivity contribution < 1.29 is 9.90 Å². The van der Waals surface area contributed by atoms with Crippen LogP contribution in [0, 0.1) is 5.92 Å². The number of hydrogen-bond acceptors (Lipinski definition) is 4. The van der Waals surface area contributed by atoms with Gasteiger partial charge < -0.3 is 10.4 Å². The molecule has 1 aromatic heterocycles. The Labute approximate surface area is 113 Å². The lowest BCUT2D eigenvalue weighted by Gasteiger charge is -2.26. The number of nitrogens with zero attached hydrogens (tertiary/aromatic N) is 2. The third-order valence-corrected chi connectivity index (χ3v) is 3.75. The first kappa shape index (κ1) is 13.8. The fourth-order valence-electron chi connectivity index (χ4n) is 2.38. The molecule has 1 heterocycles. The summed E-state index contributed by atoms with van der Waals surface area (Å²) in [6.07, 6.45) is 6.90. The van der Waals surface area contributed by atoms with E-state index >= 15 is 0 Å². The van der Waals surface area contributed by atoms with Gasteiger partial charge in [-0.05, 0) is 37.2 Å². The van der Waals surface area contributed by atoms with Crippen LogP contribution in [0.5, 0.6) is 0 Å². The lowest BCUT2D eigenvalue weighted by molar-refractivity contribution is -0.142. The molecule has 1 aliphatic carbocycles. The second kappa shape index (κ2) is 5.99. The maximum absolute atomic E-state index is 10.9. The van der Waals surface area contributed by atoms with Crippen molar-refractivity contribution in [3.8, 4) is 0 Å². The molecule has 0 spiro atoms. The first-order valence-corrected chi connectivity index (χ1v) is 6.87. The molecule has 5 nitrogen and oxygen atoms in total. The molecule has 104 valence electrons. The van der Waals surface area contributed by atoms with Crippen LogP contribution in [0.4, 0.5) is 5.95 Å². The molecule has 5 heteroatoms. The Morgan fingerprint density at radius 2 is 1.84 bits per heavy atom.